The van der Waals surface area contributed by atoms with Crippen LogP contribution in [0.3, 0.4) is 0 Å². The Hall–Kier alpha value is -1.46. The summed E-state index contributed by atoms with van der Waals surface area (Å²) in [6.45, 7) is 0.882. The molecule has 0 unspecified atom stereocenters. The van der Waals surface area contributed by atoms with Crippen LogP contribution in [0.25, 0.3) is 0 Å². The standard InChI is InChI=1S/C9H10N2O3/c10-8-6(2-1-3-11-8)7(12)9-13-4-5-14-9/h1-3,9H,4-5H2,(H2,10,11). The number of carbonyl (C=O) groups is 1. The van der Waals surface area contributed by atoms with Crippen LogP contribution in [0.2, 0.25) is 0 Å². The van der Waals surface area contributed by atoms with Gasteiger partial charge in [0.15, 0.2) is 0 Å². The molecule has 1 fully saturated rings. The van der Waals surface area contributed by atoms with E-state index in [1.165, 1.54) is 6.20 Å². The Labute approximate surface area is 80.8 Å². The first-order valence-electron chi connectivity index (χ1n) is 4.27. The number of anilines is 1. The Balaban J connectivity index is 2.22. The average molecular weight is 194 g/mol. The zero-order chi connectivity index (χ0) is 9.97. The fraction of sp³-hybridized carbons (Fsp3) is 0.333. The van der Waals surface area contributed by atoms with Gasteiger partial charge in [0.1, 0.15) is 5.82 Å². The molecule has 2 rings (SSSR count). The molecule has 5 nitrogen and oxygen atoms in total. The van der Waals surface area contributed by atoms with Crippen LogP contribution in [0.4, 0.5) is 5.82 Å². The maximum atomic E-state index is 11.7. The molecule has 2 heterocycles. The summed E-state index contributed by atoms with van der Waals surface area (Å²) in [5.74, 6) is -0.0651. The summed E-state index contributed by atoms with van der Waals surface area (Å²) >= 11 is 0. The number of pyridine rings is 1. The summed E-state index contributed by atoms with van der Waals surface area (Å²) in [5.41, 5.74) is 5.89. The van der Waals surface area contributed by atoms with Gasteiger partial charge in [0.2, 0.25) is 12.1 Å². The molecule has 0 aromatic carbocycles. The van der Waals surface area contributed by atoms with Gasteiger partial charge in [0.25, 0.3) is 0 Å². The average Bonchev–Trinajstić information content (AvgIpc) is 2.70. The van der Waals surface area contributed by atoms with E-state index in [0.717, 1.165) is 0 Å². The van der Waals surface area contributed by atoms with Gasteiger partial charge in [-0.1, -0.05) is 0 Å². The van der Waals surface area contributed by atoms with Gasteiger partial charge in [-0.2, -0.15) is 0 Å². The van der Waals surface area contributed by atoms with Crippen LogP contribution in [0.1, 0.15) is 10.4 Å². The van der Waals surface area contributed by atoms with Crippen LogP contribution >= 0.6 is 0 Å². The van der Waals surface area contributed by atoms with Crippen LogP contribution in [0.15, 0.2) is 18.3 Å². The van der Waals surface area contributed by atoms with Gasteiger partial charge >= 0.3 is 0 Å². The molecule has 1 aromatic heterocycles. The summed E-state index contributed by atoms with van der Waals surface area (Å²) in [5, 5.41) is 0. The van der Waals surface area contributed by atoms with E-state index in [0.29, 0.717) is 18.8 Å². The number of Topliss-reactive ketones (excluding diaryl/α,β-unsaturated/α-hetero) is 1. The van der Waals surface area contributed by atoms with E-state index >= 15 is 0 Å². The maximum Gasteiger partial charge on any atom is 0.222 e. The number of nitrogen functional groups attached to an aromatic ring is 1. The topological polar surface area (TPSA) is 74.4 Å². The molecular weight excluding hydrogens is 184 g/mol. The van der Waals surface area contributed by atoms with E-state index in [4.69, 9.17) is 15.2 Å². The molecule has 1 aliphatic rings. The molecule has 14 heavy (non-hydrogen) atoms. The van der Waals surface area contributed by atoms with Crippen LogP contribution in [-0.2, 0) is 9.47 Å². The summed E-state index contributed by atoms with van der Waals surface area (Å²) in [7, 11) is 0. The maximum absolute atomic E-state index is 11.7. The first-order chi connectivity index (χ1) is 6.79. The number of ketones is 1. The molecule has 0 spiro atoms. The molecule has 0 saturated carbocycles. The van der Waals surface area contributed by atoms with Crippen molar-refractivity contribution in [3.05, 3.63) is 23.9 Å². The molecule has 0 bridgehead atoms. The summed E-state index contributed by atoms with van der Waals surface area (Å²) in [6, 6.07) is 3.26. The highest BCUT2D eigenvalue weighted by Gasteiger charge is 2.27. The fourth-order valence-electron chi connectivity index (χ4n) is 1.26. The normalized spacial score (nSPS) is 17.1. The molecule has 0 atom stereocenters. The minimum absolute atomic E-state index is 0.205. The van der Waals surface area contributed by atoms with E-state index in [1.54, 1.807) is 12.1 Å². The smallest absolute Gasteiger partial charge is 0.222 e. The van der Waals surface area contributed by atoms with Crippen molar-refractivity contribution in [3.63, 3.8) is 0 Å². The molecule has 1 aromatic rings. The van der Waals surface area contributed by atoms with Gasteiger partial charge in [0, 0.05) is 6.20 Å². The molecule has 0 amide bonds. The lowest BCUT2D eigenvalue weighted by Gasteiger charge is -2.08. The second-order valence-electron chi connectivity index (χ2n) is 2.87. The van der Waals surface area contributed by atoms with Gasteiger partial charge in [-0.3, -0.25) is 4.79 Å². The zero-order valence-electron chi connectivity index (χ0n) is 7.47. The van der Waals surface area contributed by atoms with Crippen molar-refractivity contribution in [2.45, 2.75) is 6.29 Å². The zero-order valence-corrected chi connectivity index (χ0v) is 7.47. The molecule has 74 valence electrons. The van der Waals surface area contributed by atoms with E-state index in [-0.39, 0.29) is 11.6 Å². The van der Waals surface area contributed by atoms with Gasteiger partial charge in [-0.25, -0.2) is 4.98 Å². The lowest BCUT2D eigenvalue weighted by Crippen LogP contribution is -2.22. The van der Waals surface area contributed by atoms with E-state index in [1.807, 2.05) is 0 Å². The third-order valence-electron chi connectivity index (χ3n) is 1.94. The van der Waals surface area contributed by atoms with Crippen molar-refractivity contribution in [2.24, 2.45) is 0 Å². The highest BCUT2D eigenvalue weighted by Crippen LogP contribution is 2.15. The predicted molar refractivity (Wildman–Crippen MR) is 48.7 cm³/mol. The number of ether oxygens (including phenoxy) is 2. The quantitative estimate of drug-likeness (QED) is 0.681. The van der Waals surface area contributed by atoms with Crippen molar-refractivity contribution in [1.29, 1.82) is 0 Å². The molecule has 1 saturated heterocycles. The van der Waals surface area contributed by atoms with Gasteiger partial charge in [-0.05, 0) is 12.1 Å². The first-order valence-corrected chi connectivity index (χ1v) is 4.27. The van der Waals surface area contributed by atoms with Crippen LogP contribution in [0, 0.1) is 0 Å². The van der Waals surface area contributed by atoms with E-state index in [2.05, 4.69) is 4.98 Å². The third-order valence-corrected chi connectivity index (χ3v) is 1.94. The molecular formula is C9H10N2O3. The number of hydrogen-bond acceptors (Lipinski definition) is 5. The Morgan fingerprint density at radius 3 is 2.86 bits per heavy atom. The minimum Gasteiger partial charge on any atom is -0.383 e. The summed E-state index contributed by atoms with van der Waals surface area (Å²) in [6.07, 6.45) is 0.712. The lowest BCUT2D eigenvalue weighted by molar-refractivity contribution is -0.0213. The number of rotatable bonds is 2. The van der Waals surface area contributed by atoms with E-state index in [9.17, 15) is 4.79 Å². The van der Waals surface area contributed by atoms with Crippen molar-refractivity contribution >= 4 is 11.6 Å². The van der Waals surface area contributed by atoms with Crippen molar-refractivity contribution in [3.8, 4) is 0 Å². The number of aromatic nitrogens is 1. The third kappa shape index (κ3) is 1.59. The Kier molecular flexibility index (Phi) is 2.43. The highest BCUT2D eigenvalue weighted by atomic mass is 16.7. The lowest BCUT2D eigenvalue weighted by atomic mass is 10.1. The Bertz CT molecular complexity index is 348. The van der Waals surface area contributed by atoms with Crippen LogP contribution in [-0.4, -0.2) is 30.3 Å². The number of nitrogens with zero attached hydrogens (tertiary/aromatic N) is 1. The van der Waals surface area contributed by atoms with Crippen molar-refractivity contribution in [1.82, 2.24) is 4.98 Å². The van der Waals surface area contributed by atoms with Crippen molar-refractivity contribution < 1.29 is 14.3 Å². The van der Waals surface area contributed by atoms with Crippen LogP contribution < -0.4 is 5.73 Å². The van der Waals surface area contributed by atoms with Gasteiger partial charge < -0.3 is 15.2 Å². The largest absolute Gasteiger partial charge is 0.383 e. The SMILES string of the molecule is Nc1ncccc1C(=O)C1OCCO1. The number of carbonyl (C=O) groups excluding carboxylic acids is 1. The summed E-state index contributed by atoms with van der Waals surface area (Å²) < 4.78 is 10.1. The summed E-state index contributed by atoms with van der Waals surface area (Å²) in [4.78, 5) is 15.5. The molecule has 5 heteroatoms. The molecule has 2 N–H and O–H groups in total. The van der Waals surface area contributed by atoms with Gasteiger partial charge in [-0.15, -0.1) is 0 Å². The van der Waals surface area contributed by atoms with E-state index < -0.39 is 6.29 Å². The highest BCUT2D eigenvalue weighted by molar-refractivity contribution is 6.02. The number of nitrogens with two attached hydrogens (primary N) is 1. The monoisotopic (exact) mass is 194 g/mol. The minimum atomic E-state index is -0.818. The van der Waals surface area contributed by atoms with Crippen LogP contribution in [0.5, 0.6) is 0 Å². The Morgan fingerprint density at radius 1 is 1.50 bits per heavy atom. The molecule has 0 aliphatic carbocycles. The predicted octanol–water partition coefficient (Wildman–Crippen LogP) is 0.219. The second-order valence-corrected chi connectivity index (χ2v) is 2.87. The second kappa shape index (κ2) is 3.73. The fourth-order valence-corrected chi connectivity index (χ4v) is 1.26. The molecule has 0 radical (unpaired) electrons. The van der Waals surface area contributed by atoms with Crippen molar-refractivity contribution in [2.75, 3.05) is 18.9 Å². The van der Waals surface area contributed by atoms with Gasteiger partial charge in [0.05, 0.1) is 18.8 Å². The molecule has 1 aliphatic heterocycles. The first kappa shape index (κ1) is 9.11. The number of hydrogen-bond donors (Lipinski definition) is 1. The Morgan fingerprint density at radius 2 is 2.21 bits per heavy atom.